The molecule has 0 aliphatic heterocycles. The predicted octanol–water partition coefficient (Wildman–Crippen LogP) is 3.94. The fraction of sp³-hybridized carbons (Fsp3) is 0.435. The molecule has 4 rings (SSSR count). The monoisotopic (exact) mass is 378 g/mol. The molecule has 146 valence electrons. The van der Waals surface area contributed by atoms with E-state index in [4.69, 9.17) is 5.41 Å². The van der Waals surface area contributed by atoms with Gasteiger partial charge in [0.15, 0.2) is 0 Å². The summed E-state index contributed by atoms with van der Waals surface area (Å²) >= 11 is 0. The number of hydrogen-bond acceptors (Lipinski definition) is 5. The first-order valence-electron chi connectivity index (χ1n) is 9.94. The Morgan fingerprint density at radius 2 is 1.89 bits per heavy atom. The van der Waals surface area contributed by atoms with Crippen molar-refractivity contribution in [3.05, 3.63) is 35.9 Å². The summed E-state index contributed by atoms with van der Waals surface area (Å²) in [6.45, 7) is 0. The van der Waals surface area contributed by atoms with Crippen molar-refractivity contribution >= 4 is 33.7 Å². The van der Waals surface area contributed by atoms with Crippen molar-refractivity contribution in [2.24, 2.45) is 17.8 Å². The molecule has 5 nitrogen and oxygen atoms in total. The molecule has 3 unspecified atom stereocenters. The second kappa shape index (κ2) is 7.04. The predicted molar refractivity (Wildman–Crippen MR) is 110 cm³/mol. The van der Waals surface area contributed by atoms with Crippen molar-refractivity contribution in [3.63, 3.8) is 0 Å². The van der Waals surface area contributed by atoms with Gasteiger partial charge in [-0.3, -0.25) is 9.59 Å². The van der Waals surface area contributed by atoms with Crippen LogP contribution >= 0.6 is 0 Å². The third-order valence-corrected chi connectivity index (χ3v) is 6.44. The molecule has 0 spiro atoms. The van der Waals surface area contributed by atoms with Gasteiger partial charge in [-0.15, -0.1) is 0 Å². The molecule has 0 radical (unpaired) electrons. The van der Waals surface area contributed by atoms with Crippen molar-refractivity contribution in [3.8, 4) is 5.75 Å². The summed E-state index contributed by atoms with van der Waals surface area (Å²) in [4.78, 5) is 27.3. The Hall–Kier alpha value is -2.69. The van der Waals surface area contributed by atoms with E-state index in [2.05, 4.69) is 0 Å². The van der Waals surface area contributed by atoms with Gasteiger partial charge < -0.3 is 15.4 Å². The first-order chi connectivity index (χ1) is 13.4. The molecule has 2 saturated carbocycles. The Bertz CT molecular complexity index is 979. The zero-order valence-corrected chi connectivity index (χ0v) is 16.4. The van der Waals surface area contributed by atoms with Crippen molar-refractivity contribution in [1.29, 1.82) is 5.41 Å². The second-order valence-corrected chi connectivity index (χ2v) is 8.35. The van der Waals surface area contributed by atoms with Crippen LogP contribution in [0.15, 0.2) is 30.3 Å². The van der Waals surface area contributed by atoms with E-state index >= 15 is 0 Å². The van der Waals surface area contributed by atoms with Gasteiger partial charge in [0.25, 0.3) is 0 Å². The summed E-state index contributed by atoms with van der Waals surface area (Å²) in [5.41, 5.74) is 1.59. The zero-order valence-electron chi connectivity index (χ0n) is 16.4. The quantitative estimate of drug-likeness (QED) is 0.793. The highest BCUT2D eigenvalue weighted by Gasteiger charge is 2.43. The molecule has 2 aliphatic rings. The van der Waals surface area contributed by atoms with Crippen LogP contribution in [0.2, 0.25) is 0 Å². The first-order valence-corrected chi connectivity index (χ1v) is 9.94. The van der Waals surface area contributed by atoms with Crippen molar-refractivity contribution in [1.82, 2.24) is 0 Å². The van der Waals surface area contributed by atoms with Gasteiger partial charge in [0.05, 0.1) is 11.6 Å². The second-order valence-electron chi connectivity index (χ2n) is 8.35. The Balaban J connectivity index is 1.75. The number of fused-ring (bicyclic) bond motifs is 2. The molecular formula is C23H26N2O3. The molecule has 3 atom stereocenters. The highest BCUT2D eigenvalue weighted by molar-refractivity contribution is 6.20. The lowest BCUT2D eigenvalue weighted by molar-refractivity contribution is -0.134. The molecule has 0 amide bonds. The number of nitrogens with one attached hydrogen (secondary N) is 1. The SMILES string of the molecule is CN(C)c1ccc2c(C(=N)C3CCC(=O)CC4CCC4C3=O)c(O)ccc2c1. The average molecular weight is 378 g/mol. The number of phenols is 1. The largest absolute Gasteiger partial charge is 0.507 e. The number of rotatable bonds is 3. The van der Waals surface area contributed by atoms with Crippen molar-refractivity contribution in [2.45, 2.75) is 32.1 Å². The molecule has 2 aliphatic carbocycles. The van der Waals surface area contributed by atoms with Gasteiger partial charge in [0, 0.05) is 44.1 Å². The molecule has 0 saturated heterocycles. The highest BCUT2D eigenvalue weighted by Crippen LogP contribution is 2.43. The lowest BCUT2D eigenvalue weighted by Crippen LogP contribution is -2.42. The van der Waals surface area contributed by atoms with Gasteiger partial charge in [-0.1, -0.05) is 12.1 Å². The van der Waals surface area contributed by atoms with E-state index < -0.39 is 5.92 Å². The van der Waals surface area contributed by atoms with Crippen LogP contribution in [-0.2, 0) is 9.59 Å². The lowest BCUT2D eigenvalue weighted by atomic mass is 9.63. The molecule has 2 aromatic rings. The number of carbonyl (C=O) groups is 2. The number of Topliss-reactive ketones (excluding diaryl/α,β-unsaturated/α-hetero) is 2. The van der Waals surface area contributed by atoms with E-state index in [0.29, 0.717) is 24.8 Å². The molecule has 2 aromatic carbocycles. The number of benzene rings is 2. The molecular weight excluding hydrogens is 352 g/mol. The standard InChI is InChI=1S/C23H26N2O3/c1-25(2)15-5-8-17-13(11-15)4-10-20(27)21(17)22(24)19-9-6-16(26)12-14-3-7-18(14)23(19)28/h4-5,8,10-11,14,18-19,24,27H,3,6-7,9,12H2,1-2H3. The Morgan fingerprint density at radius 1 is 1.11 bits per heavy atom. The number of nitrogens with zero attached hydrogens (tertiary/aromatic N) is 1. The minimum absolute atomic E-state index is 0.0152. The van der Waals surface area contributed by atoms with Gasteiger partial charge in [0.2, 0.25) is 0 Å². The normalized spacial score (nSPS) is 24.9. The molecule has 2 N–H and O–H groups in total. The first kappa shape index (κ1) is 18.7. The summed E-state index contributed by atoms with van der Waals surface area (Å²) in [7, 11) is 3.92. The third-order valence-electron chi connectivity index (χ3n) is 6.44. The average Bonchev–Trinajstić information content (AvgIpc) is 2.64. The summed E-state index contributed by atoms with van der Waals surface area (Å²) in [6.07, 6.45) is 2.94. The number of anilines is 1. The van der Waals surface area contributed by atoms with Crippen molar-refractivity contribution in [2.75, 3.05) is 19.0 Å². The van der Waals surface area contributed by atoms with E-state index in [0.717, 1.165) is 29.3 Å². The minimum atomic E-state index is -0.623. The highest BCUT2D eigenvalue weighted by atomic mass is 16.3. The van der Waals surface area contributed by atoms with E-state index in [1.54, 1.807) is 6.07 Å². The fourth-order valence-electron chi connectivity index (χ4n) is 4.62. The van der Waals surface area contributed by atoms with Crippen molar-refractivity contribution < 1.29 is 14.7 Å². The van der Waals surface area contributed by atoms with Crippen LogP contribution in [0, 0.1) is 23.2 Å². The van der Waals surface area contributed by atoms with E-state index in [1.807, 2.05) is 43.3 Å². The van der Waals surface area contributed by atoms with E-state index in [9.17, 15) is 14.7 Å². The summed E-state index contributed by atoms with van der Waals surface area (Å²) in [5, 5.41) is 21.1. The topological polar surface area (TPSA) is 81.5 Å². The van der Waals surface area contributed by atoms with Crippen LogP contribution in [0.25, 0.3) is 10.8 Å². The molecule has 5 heteroatoms. The Kier molecular flexibility index (Phi) is 4.69. The number of aromatic hydroxyl groups is 1. The van der Waals surface area contributed by atoms with Gasteiger partial charge in [-0.25, -0.2) is 0 Å². The summed E-state index contributed by atoms with van der Waals surface area (Å²) < 4.78 is 0. The summed E-state index contributed by atoms with van der Waals surface area (Å²) in [5.74, 6) is -0.289. The molecule has 2 fully saturated rings. The van der Waals surface area contributed by atoms with Crippen LogP contribution in [-0.4, -0.2) is 36.5 Å². The van der Waals surface area contributed by atoms with Gasteiger partial charge in [0.1, 0.15) is 17.3 Å². The van der Waals surface area contributed by atoms with Crippen LogP contribution in [0.5, 0.6) is 5.75 Å². The van der Waals surface area contributed by atoms with Gasteiger partial charge in [-0.2, -0.15) is 0 Å². The van der Waals surface area contributed by atoms with Gasteiger partial charge in [-0.05, 0) is 54.2 Å². The lowest BCUT2D eigenvalue weighted by Gasteiger charge is -2.39. The van der Waals surface area contributed by atoms with Crippen LogP contribution in [0.4, 0.5) is 5.69 Å². The number of phenolic OH excluding ortho intramolecular Hbond substituents is 1. The Labute approximate surface area is 164 Å². The van der Waals surface area contributed by atoms with Crippen LogP contribution in [0.1, 0.15) is 37.7 Å². The van der Waals surface area contributed by atoms with Crippen LogP contribution in [0.3, 0.4) is 0 Å². The fourth-order valence-corrected chi connectivity index (χ4v) is 4.62. The third kappa shape index (κ3) is 3.09. The van der Waals surface area contributed by atoms with Gasteiger partial charge >= 0.3 is 0 Å². The number of ketones is 2. The zero-order chi connectivity index (χ0) is 20.0. The summed E-state index contributed by atoms with van der Waals surface area (Å²) in [6, 6.07) is 9.29. The number of carbonyl (C=O) groups excluding carboxylic acids is 2. The number of hydrogen-bond donors (Lipinski definition) is 2. The molecule has 28 heavy (non-hydrogen) atoms. The maximum atomic E-state index is 13.1. The molecule has 0 bridgehead atoms. The maximum absolute atomic E-state index is 13.1. The van der Waals surface area contributed by atoms with E-state index in [-0.39, 0.29) is 34.9 Å². The van der Waals surface area contributed by atoms with E-state index in [1.165, 1.54) is 0 Å². The minimum Gasteiger partial charge on any atom is -0.507 e. The Morgan fingerprint density at radius 3 is 2.57 bits per heavy atom. The van der Waals surface area contributed by atoms with Crippen LogP contribution < -0.4 is 4.90 Å². The maximum Gasteiger partial charge on any atom is 0.145 e. The smallest absolute Gasteiger partial charge is 0.145 e. The molecule has 0 heterocycles. The molecule has 0 aromatic heterocycles.